The SMILES string of the molecule is CCCC1CCC(c2ccc(OCC)cc2)C(OC)C1. The molecular weight excluding hydrogens is 248 g/mol. The Morgan fingerprint density at radius 2 is 1.85 bits per heavy atom. The maximum atomic E-state index is 5.78. The predicted molar refractivity (Wildman–Crippen MR) is 83.4 cm³/mol. The third-order valence-corrected chi connectivity index (χ3v) is 4.52. The molecule has 112 valence electrons. The molecule has 1 aliphatic rings. The van der Waals surface area contributed by atoms with Gasteiger partial charge in [0.05, 0.1) is 12.7 Å². The first-order valence-corrected chi connectivity index (χ1v) is 8.04. The van der Waals surface area contributed by atoms with E-state index in [4.69, 9.17) is 9.47 Å². The van der Waals surface area contributed by atoms with Crippen LogP contribution in [-0.4, -0.2) is 19.8 Å². The molecule has 2 rings (SSSR count). The van der Waals surface area contributed by atoms with Gasteiger partial charge in [-0.15, -0.1) is 0 Å². The Balaban J connectivity index is 2.03. The van der Waals surface area contributed by atoms with Gasteiger partial charge in [0, 0.05) is 13.0 Å². The molecule has 20 heavy (non-hydrogen) atoms. The lowest BCUT2D eigenvalue weighted by molar-refractivity contribution is 0.0307. The lowest BCUT2D eigenvalue weighted by atomic mass is 9.75. The van der Waals surface area contributed by atoms with E-state index in [2.05, 4.69) is 31.2 Å². The van der Waals surface area contributed by atoms with Gasteiger partial charge in [-0.2, -0.15) is 0 Å². The van der Waals surface area contributed by atoms with Gasteiger partial charge >= 0.3 is 0 Å². The standard InChI is InChI=1S/C18H28O2/c1-4-6-14-7-12-17(18(13-14)19-3)15-8-10-16(11-9-15)20-5-2/h8-11,14,17-18H,4-7,12-13H2,1-3H3. The molecule has 0 bridgehead atoms. The molecule has 0 radical (unpaired) electrons. The molecule has 1 aliphatic carbocycles. The summed E-state index contributed by atoms with van der Waals surface area (Å²) in [4.78, 5) is 0. The van der Waals surface area contributed by atoms with Crippen molar-refractivity contribution in [3.63, 3.8) is 0 Å². The Bertz CT molecular complexity index is 385. The quantitative estimate of drug-likeness (QED) is 0.744. The zero-order chi connectivity index (χ0) is 14.4. The molecular formula is C18H28O2. The van der Waals surface area contributed by atoms with Gasteiger partial charge in [0.25, 0.3) is 0 Å². The van der Waals surface area contributed by atoms with Crippen LogP contribution in [0.1, 0.15) is 57.4 Å². The number of rotatable bonds is 6. The maximum Gasteiger partial charge on any atom is 0.119 e. The highest BCUT2D eigenvalue weighted by atomic mass is 16.5. The molecule has 0 aromatic heterocycles. The normalized spacial score (nSPS) is 26.4. The van der Waals surface area contributed by atoms with Crippen molar-refractivity contribution in [3.05, 3.63) is 29.8 Å². The van der Waals surface area contributed by atoms with Crippen LogP contribution in [-0.2, 0) is 4.74 Å². The molecule has 3 unspecified atom stereocenters. The summed E-state index contributed by atoms with van der Waals surface area (Å²) in [5.74, 6) is 2.36. The summed E-state index contributed by atoms with van der Waals surface area (Å²) in [6.07, 6.45) is 6.80. The van der Waals surface area contributed by atoms with E-state index in [0.717, 1.165) is 18.3 Å². The van der Waals surface area contributed by atoms with Crippen LogP contribution in [0.4, 0.5) is 0 Å². The van der Waals surface area contributed by atoms with Gasteiger partial charge in [0.1, 0.15) is 5.75 Å². The summed E-state index contributed by atoms with van der Waals surface area (Å²) >= 11 is 0. The van der Waals surface area contributed by atoms with Crippen LogP contribution < -0.4 is 4.74 Å². The van der Waals surface area contributed by atoms with Gasteiger partial charge < -0.3 is 9.47 Å². The van der Waals surface area contributed by atoms with Crippen LogP contribution in [0, 0.1) is 5.92 Å². The van der Waals surface area contributed by atoms with Gasteiger partial charge in [-0.1, -0.05) is 31.9 Å². The molecule has 1 saturated carbocycles. The Labute approximate surface area is 123 Å². The van der Waals surface area contributed by atoms with E-state index >= 15 is 0 Å². The molecule has 0 amide bonds. The van der Waals surface area contributed by atoms with Crippen molar-refractivity contribution < 1.29 is 9.47 Å². The molecule has 3 atom stereocenters. The van der Waals surface area contributed by atoms with Crippen molar-refractivity contribution in [1.82, 2.24) is 0 Å². The first kappa shape index (κ1) is 15.4. The number of methoxy groups -OCH3 is 1. The Kier molecular flexibility index (Phi) is 5.90. The highest BCUT2D eigenvalue weighted by Crippen LogP contribution is 2.39. The van der Waals surface area contributed by atoms with Crippen molar-refractivity contribution in [1.29, 1.82) is 0 Å². The lowest BCUT2D eigenvalue weighted by Gasteiger charge is -2.35. The Morgan fingerprint density at radius 1 is 1.10 bits per heavy atom. The Hall–Kier alpha value is -1.02. The number of hydrogen-bond donors (Lipinski definition) is 0. The highest BCUT2D eigenvalue weighted by molar-refractivity contribution is 5.30. The molecule has 2 heteroatoms. The minimum absolute atomic E-state index is 0.373. The van der Waals surface area contributed by atoms with Crippen LogP contribution in [0.5, 0.6) is 5.75 Å². The average molecular weight is 276 g/mol. The third-order valence-electron chi connectivity index (χ3n) is 4.52. The Morgan fingerprint density at radius 3 is 2.45 bits per heavy atom. The molecule has 0 spiro atoms. The largest absolute Gasteiger partial charge is 0.494 e. The fraction of sp³-hybridized carbons (Fsp3) is 0.667. The first-order valence-electron chi connectivity index (χ1n) is 8.04. The number of hydrogen-bond acceptors (Lipinski definition) is 2. The average Bonchev–Trinajstić information content (AvgIpc) is 2.49. The van der Waals surface area contributed by atoms with Crippen LogP contribution in [0.15, 0.2) is 24.3 Å². The van der Waals surface area contributed by atoms with Gasteiger partial charge in [0.2, 0.25) is 0 Å². The monoisotopic (exact) mass is 276 g/mol. The maximum absolute atomic E-state index is 5.78. The van der Waals surface area contributed by atoms with Crippen molar-refractivity contribution in [3.8, 4) is 5.75 Å². The van der Waals surface area contributed by atoms with Crippen LogP contribution in [0.2, 0.25) is 0 Å². The molecule has 1 aromatic carbocycles. The molecule has 0 aliphatic heterocycles. The molecule has 0 saturated heterocycles. The van der Waals surface area contributed by atoms with E-state index in [9.17, 15) is 0 Å². The zero-order valence-corrected chi connectivity index (χ0v) is 13.1. The van der Waals surface area contributed by atoms with Gasteiger partial charge in [-0.3, -0.25) is 0 Å². The second-order valence-corrected chi connectivity index (χ2v) is 5.85. The highest BCUT2D eigenvalue weighted by Gasteiger charge is 2.31. The molecule has 0 N–H and O–H groups in total. The summed E-state index contributed by atoms with van der Waals surface area (Å²) in [6, 6.07) is 8.59. The van der Waals surface area contributed by atoms with Crippen molar-refractivity contribution in [2.75, 3.05) is 13.7 Å². The van der Waals surface area contributed by atoms with E-state index in [0.29, 0.717) is 12.0 Å². The second kappa shape index (κ2) is 7.68. The van der Waals surface area contributed by atoms with Crippen LogP contribution in [0.3, 0.4) is 0 Å². The van der Waals surface area contributed by atoms with Gasteiger partial charge in [-0.05, 0) is 49.8 Å². The van der Waals surface area contributed by atoms with E-state index in [1.54, 1.807) is 0 Å². The summed E-state index contributed by atoms with van der Waals surface area (Å²) in [7, 11) is 1.86. The van der Waals surface area contributed by atoms with Crippen LogP contribution >= 0.6 is 0 Å². The van der Waals surface area contributed by atoms with E-state index in [-0.39, 0.29) is 0 Å². The van der Waals surface area contributed by atoms with Gasteiger partial charge in [-0.25, -0.2) is 0 Å². The summed E-state index contributed by atoms with van der Waals surface area (Å²) < 4.78 is 11.3. The van der Waals surface area contributed by atoms with Crippen molar-refractivity contribution >= 4 is 0 Å². The smallest absolute Gasteiger partial charge is 0.119 e. The van der Waals surface area contributed by atoms with E-state index < -0.39 is 0 Å². The molecule has 1 aromatic rings. The molecule has 1 fully saturated rings. The lowest BCUT2D eigenvalue weighted by Crippen LogP contribution is -2.29. The zero-order valence-electron chi connectivity index (χ0n) is 13.1. The predicted octanol–water partition coefficient (Wildman–Crippen LogP) is 4.78. The fourth-order valence-corrected chi connectivity index (χ4v) is 3.50. The van der Waals surface area contributed by atoms with Crippen LogP contribution in [0.25, 0.3) is 0 Å². The summed E-state index contributed by atoms with van der Waals surface area (Å²) in [5.41, 5.74) is 1.40. The molecule has 0 heterocycles. The first-order chi connectivity index (χ1) is 9.78. The number of ether oxygens (including phenoxy) is 2. The second-order valence-electron chi connectivity index (χ2n) is 5.85. The minimum atomic E-state index is 0.373. The summed E-state index contributed by atoms with van der Waals surface area (Å²) in [6.45, 7) is 5.02. The van der Waals surface area contributed by atoms with Crippen molar-refractivity contribution in [2.45, 2.75) is 58.0 Å². The number of benzene rings is 1. The minimum Gasteiger partial charge on any atom is -0.494 e. The topological polar surface area (TPSA) is 18.5 Å². The fourth-order valence-electron chi connectivity index (χ4n) is 3.50. The van der Waals surface area contributed by atoms with E-state index in [1.807, 2.05) is 14.0 Å². The molecule has 2 nitrogen and oxygen atoms in total. The third kappa shape index (κ3) is 3.76. The van der Waals surface area contributed by atoms with Crippen molar-refractivity contribution in [2.24, 2.45) is 5.92 Å². The van der Waals surface area contributed by atoms with E-state index in [1.165, 1.54) is 37.7 Å². The van der Waals surface area contributed by atoms with Gasteiger partial charge in [0.15, 0.2) is 0 Å². The summed E-state index contributed by atoms with van der Waals surface area (Å²) in [5, 5.41) is 0.